The maximum absolute atomic E-state index is 4.70. The molecule has 1 aromatic rings. The number of piperidine rings is 1. The number of nitrogens with zero attached hydrogens (tertiary/aromatic N) is 2. The highest BCUT2D eigenvalue weighted by molar-refractivity contribution is 14.0. The molecule has 0 radical (unpaired) electrons. The molecule has 1 atom stereocenters. The Hall–Kier alpha value is -0.340. The monoisotopic (exact) mass is 450 g/mol. The van der Waals surface area contributed by atoms with Gasteiger partial charge in [0.05, 0.1) is 6.54 Å². The highest BCUT2D eigenvalue weighted by atomic mass is 127. The van der Waals surface area contributed by atoms with Gasteiger partial charge in [0.2, 0.25) is 0 Å². The van der Waals surface area contributed by atoms with E-state index in [0.29, 0.717) is 0 Å². The summed E-state index contributed by atoms with van der Waals surface area (Å²) in [5.41, 5.74) is 1.34. The summed E-state index contributed by atoms with van der Waals surface area (Å²) >= 11 is 1.79. The molecule has 0 bridgehead atoms. The quantitative estimate of drug-likeness (QED) is 0.395. The molecule has 23 heavy (non-hydrogen) atoms. The van der Waals surface area contributed by atoms with Crippen LogP contribution in [0.4, 0.5) is 0 Å². The summed E-state index contributed by atoms with van der Waals surface area (Å²) in [5.74, 6) is 0.931. The number of hydrogen-bond acceptors (Lipinski definition) is 3. The zero-order chi connectivity index (χ0) is 15.8. The normalized spacial score (nSPS) is 19.3. The van der Waals surface area contributed by atoms with Gasteiger partial charge in [-0.25, -0.2) is 4.99 Å². The Morgan fingerprint density at radius 1 is 1.39 bits per heavy atom. The minimum Gasteiger partial charge on any atom is -0.357 e. The number of likely N-dealkylation sites (tertiary alicyclic amines) is 1. The largest absolute Gasteiger partial charge is 0.357 e. The Bertz CT molecular complexity index is 475. The van der Waals surface area contributed by atoms with Crippen molar-refractivity contribution in [1.29, 1.82) is 0 Å². The third-order valence-corrected chi connectivity index (χ3v) is 5.33. The number of halogens is 1. The predicted molar refractivity (Wildman–Crippen MR) is 112 cm³/mol. The summed E-state index contributed by atoms with van der Waals surface area (Å²) in [6, 6.07) is 2.89. The summed E-state index contributed by atoms with van der Waals surface area (Å²) in [5, 5.41) is 8.95. The number of nitrogens with one attached hydrogen (secondary N) is 2. The van der Waals surface area contributed by atoms with Gasteiger partial charge in [0.25, 0.3) is 0 Å². The van der Waals surface area contributed by atoms with E-state index in [2.05, 4.69) is 47.8 Å². The Morgan fingerprint density at radius 2 is 2.22 bits per heavy atom. The van der Waals surface area contributed by atoms with E-state index >= 15 is 0 Å². The maximum atomic E-state index is 4.70. The highest BCUT2D eigenvalue weighted by Gasteiger charge is 2.17. The standard InChI is InChI=1S/C17H30N4S.HI/c1-4-18-17(20-13-16-14(2)8-12-22-16)19-9-11-21-10-6-5-7-15(21)3;/h8,12,15H,4-7,9-11,13H2,1-3H3,(H2,18,19,20);1H. The van der Waals surface area contributed by atoms with Gasteiger partial charge >= 0.3 is 0 Å². The number of aryl methyl sites for hydroxylation is 1. The molecule has 0 amide bonds. The molecule has 1 aliphatic heterocycles. The topological polar surface area (TPSA) is 39.7 Å². The number of hydrogen-bond donors (Lipinski definition) is 2. The second-order valence-electron chi connectivity index (χ2n) is 6.03. The number of thiophene rings is 1. The average molecular weight is 450 g/mol. The zero-order valence-corrected chi connectivity index (χ0v) is 17.7. The van der Waals surface area contributed by atoms with E-state index < -0.39 is 0 Å². The molecule has 1 unspecified atom stereocenters. The van der Waals surface area contributed by atoms with E-state index in [1.807, 2.05) is 0 Å². The first-order valence-electron chi connectivity index (χ1n) is 8.50. The molecule has 0 spiro atoms. The Balaban J connectivity index is 0.00000264. The molecular weight excluding hydrogens is 419 g/mol. The predicted octanol–water partition coefficient (Wildman–Crippen LogP) is 3.60. The van der Waals surface area contributed by atoms with Crippen LogP contribution >= 0.6 is 35.3 Å². The van der Waals surface area contributed by atoms with Crippen LogP contribution in [0.25, 0.3) is 0 Å². The van der Waals surface area contributed by atoms with Crippen molar-refractivity contribution in [3.05, 3.63) is 21.9 Å². The summed E-state index contributed by atoms with van der Waals surface area (Å²) in [4.78, 5) is 8.64. The number of guanidine groups is 1. The van der Waals surface area contributed by atoms with Crippen molar-refractivity contribution in [1.82, 2.24) is 15.5 Å². The van der Waals surface area contributed by atoms with Crippen molar-refractivity contribution in [2.24, 2.45) is 4.99 Å². The fourth-order valence-electron chi connectivity index (χ4n) is 2.87. The molecule has 0 saturated carbocycles. The summed E-state index contributed by atoms with van der Waals surface area (Å²) in [7, 11) is 0. The van der Waals surface area contributed by atoms with Gasteiger partial charge in [-0.2, -0.15) is 0 Å². The molecule has 1 saturated heterocycles. The molecule has 6 heteroatoms. The molecule has 2 heterocycles. The maximum Gasteiger partial charge on any atom is 0.191 e. The third-order valence-electron chi connectivity index (χ3n) is 4.33. The lowest BCUT2D eigenvalue weighted by Crippen LogP contribution is -2.45. The van der Waals surface area contributed by atoms with Crippen molar-refractivity contribution >= 4 is 41.3 Å². The molecule has 0 aromatic carbocycles. The first-order chi connectivity index (χ1) is 10.7. The van der Waals surface area contributed by atoms with Gasteiger partial charge in [0.1, 0.15) is 0 Å². The smallest absolute Gasteiger partial charge is 0.191 e. The summed E-state index contributed by atoms with van der Waals surface area (Å²) in [6.07, 6.45) is 4.07. The molecule has 4 nitrogen and oxygen atoms in total. The summed E-state index contributed by atoms with van der Waals surface area (Å²) in [6.45, 7) is 11.6. The van der Waals surface area contributed by atoms with Gasteiger partial charge in [-0.05, 0) is 57.2 Å². The van der Waals surface area contributed by atoms with E-state index in [0.717, 1.165) is 38.2 Å². The van der Waals surface area contributed by atoms with Crippen LogP contribution in [-0.2, 0) is 6.54 Å². The lowest BCUT2D eigenvalue weighted by atomic mass is 10.0. The highest BCUT2D eigenvalue weighted by Crippen LogP contribution is 2.16. The van der Waals surface area contributed by atoms with Gasteiger partial charge in [-0.1, -0.05) is 6.42 Å². The van der Waals surface area contributed by atoms with Crippen LogP contribution in [0.3, 0.4) is 0 Å². The molecule has 0 aliphatic carbocycles. The average Bonchev–Trinajstić information content (AvgIpc) is 2.92. The molecule has 132 valence electrons. The lowest BCUT2D eigenvalue weighted by Gasteiger charge is -2.33. The molecular formula is C17H31IN4S. The minimum atomic E-state index is 0. The lowest BCUT2D eigenvalue weighted by molar-refractivity contribution is 0.163. The van der Waals surface area contributed by atoms with E-state index in [1.54, 1.807) is 11.3 Å². The molecule has 2 rings (SSSR count). The van der Waals surface area contributed by atoms with Crippen LogP contribution < -0.4 is 10.6 Å². The first-order valence-corrected chi connectivity index (χ1v) is 9.38. The molecule has 1 fully saturated rings. The van der Waals surface area contributed by atoms with Crippen molar-refractivity contribution in [2.45, 2.75) is 52.6 Å². The Kier molecular flexibility index (Phi) is 10.1. The van der Waals surface area contributed by atoms with Crippen molar-refractivity contribution in [3.63, 3.8) is 0 Å². The van der Waals surface area contributed by atoms with Crippen molar-refractivity contribution in [2.75, 3.05) is 26.2 Å². The third kappa shape index (κ3) is 6.97. The van der Waals surface area contributed by atoms with Crippen LogP contribution in [0.1, 0.15) is 43.6 Å². The fraction of sp³-hybridized carbons (Fsp3) is 0.706. The second kappa shape index (κ2) is 11.3. The fourth-order valence-corrected chi connectivity index (χ4v) is 3.70. The minimum absolute atomic E-state index is 0. The Morgan fingerprint density at radius 3 is 2.87 bits per heavy atom. The van der Waals surface area contributed by atoms with Gasteiger partial charge in [0, 0.05) is 30.6 Å². The number of aliphatic imine (C=N–C) groups is 1. The van der Waals surface area contributed by atoms with Crippen LogP contribution in [0.15, 0.2) is 16.4 Å². The first kappa shape index (κ1) is 20.7. The molecule has 2 N–H and O–H groups in total. The van der Waals surface area contributed by atoms with E-state index in [4.69, 9.17) is 4.99 Å². The van der Waals surface area contributed by atoms with Crippen LogP contribution in [0.5, 0.6) is 0 Å². The van der Waals surface area contributed by atoms with Crippen LogP contribution in [0, 0.1) is 6.92 Å². The van der Waals surface area contributed by atoms with E-state index in [9.17, 15) is 0 Å². The molecule has 1 aromatic heterocycles. The van der Waals surface area contributed by atoms with Crippen molar-refractivity contribution in [3.8, 4) is 0 Å². The van der Waals surface area contributed by atoms with Crippen LogP contribution in [-0.4, -0.2) is 43.1 Å². The zero-order valence-electron chi connectivity index (χ0n) is 14.6. The number of rotatable bonds is 6. The van der Waals surface area contributed by atoms with Gasteiger partial charge in [-0.15, -0.1) is 35.3 Å². The SMILES string of the molecule is CCNC(=NCc1sccc1C)NCCN1CCCCC1C.I. The Labute approximate surface area is 162 Å². The van der Waals surface area contributed by atoms with Crippen molar-refractivity contribution < 1.29 is 0 Å². The van der Waals surface area contributed by atoms with E-state index in [-0.39, 0.29) is 24.0 Å². The van der Waals surface area contributed by atoms with Gasteiger partial charge < -0.3 is 10.6 Å². The van der Waals surface area contributed by atoms with E-state index in [1.165, 1.54) is 36.2 Å². The van der Waals surface area contributed by atoms with Gasteiger partial charge in [-0.3, -0.25) is 4.90 Å². The summed E-state index contributed by atoms with van der Waals surface area (Å²) < 4.78 is 0. The van der Waals surface area contributed by atoms with Crippen LogP contribution in [0.2, 0.25) is 0 Å². The second-order valence-corrected chi connectivity index (χ2v) is 7.03. The molecule has 1 aliphatic rings. The van der Waals surface area contributed by atoms with Gasteiger partial charge in [0.15, 0.2) is 5.96 Å².